The van der Waals surface area contributed by atoms with Gasteiger partial charge >= 0.3 is 5.97 Å². The van der Waals surface area contributed by atoms with Gasteiger partial charge in [-0.05, 0) is 40.7 Å². The van der Waals surface area contributed by atoms with E-state index in [-0.39, 0.29) is 5.97 Å². The maximum Gasteiger partial charge on any atom is 0.327 e. The van der Waals surface area contributed by atoms with Crippen LogP contribution >= 0.6 is 0 Å². The summed E-state index contributed by atoms with van der Waals surface area (Å²) in [7, 11) is 3.26. The third-order valence-corrected chi connectivity index (χ3v) is 4.06. The summed E-state index contributed by atoms with van der Waals surface area (Å²) in [6.07, 6.45) is 3.71. The van der Waals surface area contributed by atoms with E-state index in [1.54, 1.807) is 0 Å². The van der Waals surface area contributed by atoms with Gasteiger partial charge in [0.1, 0.15) is 5.54 Å². The molecule has 1 N–H and O–H groups in total. The Hall–Kier alpha value is -0.610. The molecule has 1 aliphatic rings. The SMILES string of the molecule is CNC(C)(CN1[C@H](C)CCC[C@@H]1C)C(=O)OC. The van der Waals surface area contributed by atoms with Gasteiger partial charge in [-0.25, -0.2) is 0 Å². The fraction of sp³-hybridized carbons (Fsp3) is 0.923. The Kier molecular flexibility index (Phi) is 4.95. The van der Waals surface area contributed by atoms with Gasteiger partial charge in [-0.3, -0.25) is 9.69 Å². The lowest BCUT2D eigenvalue weighted by Gasteiger charge is -2.43. The minimum atomic E-state index is -0.616. The first-order chi connectivity index (χ1) is 7.94. The Labute approximate surface area is 105 Å². The maximum absolute atomic E-state index is 11.8. The van der Waals surface area contributed by atoms with Crippen molar-refractivity contribution in [3.8, 4) is 0 Å². The first-order valence-electron chi connectivity index (χ1n) is 6.47. The number of likely N-dealkylation sites (N-methyl/N-ethyl adjacent to an activating group) is 1. The quantitative estimate of drug-likeness (QED) is 0.757. The molecule has 0 bridgehead atoms. The summed E-state index contributed by atoms with van der Waals surface area (Å²) >= 11 is 0. The van der Waals surface area contributed by atoms with Crippen molar-refractivity contribution in [2.24, 2.45) is 0 Å². The lowest BCUT2D eigenvalue weighted by molar-refractivity contribution is -0.149. The van der Waals surface area contributed by atoms with Crippen molar-refractivity contribution >= 4 is 5.97 Å². The molecule has 0 radical (unpaired) electrons. The van der Waals surface area contributed by atoms with E-state index in [0.717, 1.165) is 0 Å². The van der Waals surface area contributed by atoms with E-state index in [4.69, 9.17) is 4.74 Å². The van der Waals surface area contributed by atoms with E-state index >= 15 is 0 Å². The van der Waals surface area contributed by atoms with Gasteiger partial charge in [0.2, 0.25) is 0 Å². The number of piperidine rings is 1. The highest BCUT2D eigenvalue weighted by atomic mass is 16.5. The summed E-state index contributed by atoms with van der Waals surface area (Å²) in [6, 6.07) is 1.08. The molecule has 1 aliphatic heterocycles. The second-order valence-electron chi connectivity index (χ2n) is 5.37. The zero-order valence-corrected chi connectivity index (χ0v) is 11.7. The van der Waals surface area contributed by atoms with Crippen LogP contribution in [0.5, 0.6) is 0 Å². The Morgan fingerprint density at radius 2 is 1.94 bits per heavy atom. The van der Waals surface area contributed by atoms with Gasteiger partial charge in [-0.2, -0.15) is 0 Å². The number of nitrogens with one attached hydrogen (secondary N) is 1. The predicted octanol–water partition coefficient (Wildman–Crippen LogP) is 1.40. The van der Waals surface area contributed by atoms with Gasteiger partial charge < -0.3 is 10.1 Å². The number of methoxy groups -OCH3 is 1. The van der Waals surface area contributed by atoms with E-state index in [1.165, 1.54) is 26.4 Å². The molecule has 0 spiro atoms. The molecular weight excluding hydrogens is 216 g/mol. The molecule has 17 heavy (non-hydrogen) atoms. The predicted molar refractivity (Wildman–Crippen MR) is 69.0 cm³/mol. The molecular formula is C13H26N2O2. The topological polar surface area (TPSA) is 41.6 Å². The second kappa shape index (κ2) is 5.83. The summed E-state index contributed by atoms with van der Waals surface area (Å²) in [4.78, 5) is 14.3. The molecule has 1 rings (SSSR count). The van der Waals surface area contributed by atoms with Gasteiger partial charge in [-0.15, -0.1) is 0 Å². The minimum Gasteiger partial charge on any atom is -0.468 e. The van der Waals surface area contributed by atoms with E-state index in [0.29, 0.717) is 18.6 Å². The molecule has 100 valence electrons. The monoisotopic (exact) mass is 242 g/mol. The number of carbonyl (C=O) groups excluding carboxylic acids is 1. The van der Waals surface area contributed by atoms with Crippen molar-refractivity contribution in [3.05, 3.63) is 0 Å². The van der Waals surface area contributed by atoms with E-state index in [9.17, 15) is 4.79 Å². The summed E-state index contributed by atoms with van der Waals surface area (Å²) in [5.74, 6) is -0.190. The highest BCUT2D eigenvalue weighted by molar-refractivity contribution is 5.80. The molecule has 0 amide bonds. The van der Waals surface area contributed by atoms with E-state index in [1.807, 2.05) is 14.0 Å². The van der Waals surface area contributed by atoms with Crippen LogP contribution < -0.4 is 5.32 Å². The third-order valence-electron chi connectivity index (χ3n) is 4.06. The van der Waals surface area contributed by atoms with Gasteiger partial charge in [0.25, 0.3) is 0 Å². The Bertz CT molecular complexity index is 260. The summed E-state index contributed by atoms with van der Waals surface area (Å²) < 4.78 is 4.89. The first-order valence-corrected chi connectivity index (χ1v) is 6.47. The average molecular weight is 242 g/mol. The average Bonchev–Trinajstić information content (AvgIpc) is 2.32. The smallest absolute Gasteiger partial charge is 0.327 e. The molecule has 1 saturated heterocycles. The van der Waals surface area contributed by atoms with Crippen molar-refractivity contribution in [2.75, 3.05) is 20.7 Å². The Balaban J connectivity index is 2.75. The summed E-state index contributed by atoms with van der Waals surface area (Å²) in [5.41, 5.74) is -0.616. The van der Waals surface area contributed by atoms with Crippen LogP contribution in [-0.2, 0) is 9.53 Å². The van der Waals surface area contributed by atoms with E-state index < -0.39 is 5.54 Å². The highest BCUT2D eigenvalue weighted by Gasteiger charge is 2.38. The van der Waals surface area contributed by atoms with Crippen molar-refractivity contribution < 1.29 is 9.53 Å². The molecule has 0 saturated carbocycles. The number of hydrogen-bond acceptors (Lipinski definition) is 4. The number of rotatable bonds is 4. The van der Waals surface area contributed by atoms with Gasteiger partial charge in [0.05, 0.1) is 7.11 Å². The maximum atomic E-state index is 11.8. The van der Waals surface area contributed by atoms with Crippen LogP contribution in [0.4, 0.5) is 0 Å². The molecule has 1 fully saturated rings. The summed E-state index contributed by atoms with van der Waals surface area (Å²) in [6.45, 7) is 7.09. The molecule has 1 unspecified atom stereocenters. The number of likely N-dealkylation sites (tertiary alicyclic amines) is 1. The molecule has 0 aromatic heterocycles. The lowest BCUT2D eigenvalue weighted by Crippen LogP contribution is -2.59. The van der Waals surface area contributed by atoms with Crippen LogP contribution in [0.1, 0.15) is 40.0 Å². The Morgan fingerprint density at radius 3 is 2.35 bits per heavy atom. The standard InChI is InChI=1S/C13H26N2O2/c1-10-7-6-8-11(2)15(10)9-13(3,14-4)12(16)17-5/h10-11,14H,6-9H2,1-5H3/t10-,11+,13?. The van der Waals surface area contributed by atoms with Crippen LogP contribution in [0.15, 0.2) is 0 Å². The number of nitrogens with zero attached hydrogens (tertiary/aromatic N) is 1. The molecule has 3 atom stereocenters. The fourth-order valence-corrected chi connectivity index (χ4v) is 2.62. The normalized spacial score (nSPS) is 29.7. The molecule has 1 heterocycles. The van der Waals surface area contributed by atoms with Crippen molar-refractivity contribution in [2.45, 2.75) is 57.7 Å². The van der Waals surface area contributed by atoms with Crippen LogP contribution in [0.3, 0.4) is 0 Å². The number of hydrogen-bond donors (Lipinski definition) is 1. The number of esters is 1. The van der Waals surface area contributed by atoms with Crippen molar-refractivity contribution in [3.63, 3.8) is 0 Å². The zero-order chi connectivity index (χ0) is 13.1. The molecule has 0 aromatic rings. The largest absolute Gasteiger partial charge is 0.468 e. The van der Waals surface area contributed by atoms with E-state index in [2.05, 4.69) is 24.1 Å². The lowest BCUT2D eigenvalue weighted by atomic mass is 9.93. The van der Waals surface area contributed by atoms with Crippen LogP contribution in [0.2, 0.25) is 0 Å². The number of ether oxygens (including phenoxy) is 1. The van der Waals surface area contributed by atoms with Gasteiger partial charge in [-0.1, -0.05) is 6.42 Å². The van der Waals surface area contributed by atoms with Crippen LogP contribution in [-0.4, -0.2) is 49.2 Å². The van der Waals surface area contributed by atoms with Crippen molar-refractivity contribution in [1.29, 1.82) is 0 Å². The zero-order valence-electron chi connectivity index (χ0n) is 11.7. The van der Waals surface area contributed by atoms with Crippen LogP contribution in [0, 0.1) is 0 Å². The second-order valence-corrected chi connectivity index (χ2v) is 5.37. The number of carbonyl (C=O) groups is 1. The molecule has 4 nitrogen and oxygen atoms in total. The molecule has 4 heteroatoms. The van der Waals surface area contributed by atoms with Gasteiger partial charge in [0.15, 0.2) is 0 Å². The van der Waals surface area contributed by atoms with Gasteiger partial charge in [0, 0.05) is 18.6 Å². The minimum absolute atomic E-state index is 0.190. The Morgan fingerprint density at radius 1 is 1.41 bits per heavy atom. The fourth-order valence-electron chi connectivity index (χ4n) is 2.62. The summed E-state index contributed by atoms with van der Waals surface area (Å²) in [5, 5.41) is 3.10. The molecule has 0 aromatic carbocycles. The van der Waals surface area contributed by atoms with Crippen LogP contribution in [0.25, 0.3) is 0 Å². The highest BCUT2D eigenvalue weighted by Crippen LogP contribution is 2.24. The third kappa shape index (κ3) is 3.19. The first kappa shape index (κ1) is 14.5. The molecule has 0 aliphatic carbocycles. The van der Waals surface area contributed by atoms with Crippen molar-refractivity contribution in [1.82, 2.24) is 10.2 Å².